The Morgan fingerprint density at radius 1 is 1.21 bits per heavy atom. The van der Waals surface area contributed by atoms with Crippen LogP contribution in [0, 0.1) is 0 Å². The van der Waals surface area contributed by atoms with E-state index in [1.165, 1.54) is 0 Å². The Labute approximate surface area is 173 Å². The number of thiophene rings is 1. The fourth-order valence-corrected chi connectivity index (χ4v) is 5.21. The van der Waals surface area contributed by atoms with Gasteiger partial charge in [-0.25, -0.2) is 13.1 Å². The number of hydrogen-bond donors (Lipinski definition) is 1. The van der Waals surface area contributed by atoms with Gasteiger partial charge in [0.15, 0.2) is 0 Å². The molecule has 1 aromatic carbocycles. The number of fused-ring (bicyclic) bond motifs is 2. The molecule has 8 heteroatoms. The second-order valence-electron chi connectivity index (χ2n) is 7.06. The van der Waals surface area contributed by atoms with Gasteiger partial charge in [-0.15, -0.1) is 11.3 Å². The fraction of sp³-hybridized carbons (Fsp3) is 0.286. The number of hydrogen-bond acceptors (Lipinski definition) is 4. The lowest BCUT2D eigenvalue weighted by molar-refractivity contribution is 0.103. The number of carbonyl (C=O) groups is 1. The summed E-state index contributed by atoms with van der Waals surface area (Å²) < 4.78 is 29.1. The third-order valence-electron chi connectivity index (χ3n) is 5.02. The van der Waals surface area contributed by atoms with Crippen LogP contribution < -0.4 is 4.72 Å². The van der Waals surface area contributed by atoms with Crippen molar-refractivity contribution in [3.8, 4) is 0 Å². The highest BCUT2D eigenvalue weighted by Gasteiger charge is 2.21. The van der Waals surface area contributed by atoms with Crippen molar-refractivity contribution < 1.29 is 13.2 Å². The van der Waals surface area contributed by atoms with Crippen LogP contribution in [-0.2, 0) is 23.1 Å². The third kappa shape index (κ3) is 3.88. The van der Waals surface area contributed by atoms with Gasteiger partial charge < -0.3 is 9.13 Å². The van der Waals surface area contributed by atoms with E-state index in [0.29, 0.717) is 30.8 Å². The highest BCUT2D eigenvalue weighted by atomic mass is 32.2. The monoisotopic (exact) mass is 429 g/mol. The van der Waals surface area contributed by atoms with Crippen molar-refractivity contribution in [2.45, 2.75) is 26.4 Å². The smallest absolute Gasteiger partial charge is 0.211 e. The van der Waals surface area contributed by atoms with Crippen LogP contribution >= 0.6 is 11.3 Å². The van der Waals surface area contributed by atoms with Crippen LogP contribution in [0.25, 0.3) is 21.1 Å². The molecule has 0 atom stereocenters. The Kier molecular flexibility index (Phi) is 5.33. The SMILES string of the molecule is CCn1c(C(=O)c2cn(CCCNS(C)(=O)=O)c3ccccc23)cc2ccsc21. The van der Waals surface area contributed by atoms with Gasteiger partial charge in [-0.3, -0.25) is 4.79 Å². The van der Waals surface area contributed by atoms with Gasteiger partial charge in [0.25, 0.3) is 0 Å². The van der Waals surface area contributed by atoms with Gasteiger partial charge in [-0.05, 0) is 36.9 Å². The minimum Gasteiger partial charge on any atom is -0.347 e. The zero-order valence-electron chi connectivity index (χ0n) is 16.4. The number of aromatic nitrogens is 2. The maximum atomic E-state index is 13.5. The molecule has 3 aromatic heterocycles. The van der Waals surface area contributed by atoms with E-state index in [2.05, 4.69) is 9.29 Å². The van der Waals surface area contributed by atoms with E-state index in [1.54, 1.807) is 11.3 Å². The molecule has 4 aromatic rings. The molecule has 152 valence electrons. The van der Waals surface area contributed by atoms with E-state index < -0.39 is 10.0 Å². The molecule has 1 N–H and O–H groups in total. The predicted molar refractivity (Wildman–Crippen MR) is 118 cm³/mol. The summed E-state index contributed by atoms with van der Waals surface area (Å²) in [6, 6.07) is 11.9. The Morgan fingerprint density at radius 3 is 2.76 bits per heavy atom. The standard InChI is InChI=1S/C21H23N3O3S2/c1-3-24-19(13-15-9-12-28-21(15)24)20(25)17-14-23(11-6-10-22-29(2,26)27)18-8-5-4-7-16(17)18/h4-5,7-9,12-14,22H,3,6,10-11H2,1-2H3. The maximum absolute atomic E-state index is 13.5. The van der Waals surface area contributed by atoms with E-state index in [1.807, 2.05) is 59.5 Å². The quantitative estimate of drug-likeness (QED) is 0.342. The first-order valence-electron chi connectivity index (χ1n) is 9.53. The molecule has 0 saturated carbocycles. The molecule has 29 heavy (non-hydrogen) atoms. The number of carbonyl (C=O) groups excluding carboxylic acids is 1. The Bertz CT molecular complexity index is 1300. The van der Waals surface area contributed by atoms with Crippen LogP contribution in [0.5, 0.6) is 0 Å². The zero-order valence-corrected chi connectivity index (χ0v) is 18.0. The zero-order chi connectivity index (χ0) is 20.6. The largest absolute Gasteiger partial charge is 0.347 e. The molecule has 3 heterocycles. The van der Waals surface area contributed by atoms with Crippen molar-refractivity contribution >= 4 is 48.3 Å². The Hall–Kier alpha value is -2.42. The molecular formula is C21H23N3O3S2. The van der Waals surface area contributed by atoms with Crippen molar-refractivity contribution in [2.24, 2.45) is 0 Å². The summed E-state index contributed by atoms with van der Waals surface area (Å²) in [6.07, 6.45) is 3.69. The molecule has 0 spiro atoms. The Balaban J connectivity index is 1.68. The number of nitrogens with one attached hydrogen (secondary N) is 1. The number of nitrogens with zero attached hydrogens (tertiary/aromatic N) is 2. The first-order chi connectivity index (χ1) is 13.9. The molecule has 0 fully saturated rings. The van der Waals surface area contributed by atoms with Gasteiger partial charge in [-0.2, -0.15) is 0 Å². The summed E-state index contributed by atoms with van der Waals surface area (Å²) in [5, 5.41) is 4.05. The summed E-state index contributed by atoms with van der Waals surface area (Å²) in [6.45, 7) is 3.78. The van der Waals surface area contributed by atoms with Gasteiger partial charge in [0.05, 0.1) is 11.9 Å². The summed E-state index contributed by atoms with van der Waals surface area (Å²) in [5.41, 5.74) is 2.36. The summed E-state index contributed by atoms with van der Waals surface area (Å²) in [7, 11) is -3.20. The van der Waals surface area contributed by atoms with Crippen molar-refractivity contribution in [1.82, 2.24) is 13.9 Å². The van der Waals surface area contributed by atoms with Crippen LogP contribution in [0.2, 0.25) is 0 Å². The minimum absolute atomic E-state index is 0.0134. The third-order valence-corrected chi connectivity index (χ3v) is 6.70. The van der Waals surface area contributed by atoms with Crippen LogP contribution in [0.4, 0.5) is 0 Å². The van der Waals surface area contributed by atoms with Gasteiger partial charge in [0, 0.05) is 47.7 Å². The van der Waals surface area contributed by atoms with Gasteiger partial charge in [0.2, 0.25) is 15.8 Å². The van der Waals surface area contributed by atoms with Crippen molar-refractivity contribution in [2.75, 3.05) is 12.8 Å². The van der Waals surface area contributed by atoms with E-state index in [4.69, 9.17) is 0 Å². The fourth-order valence-electron chi connectivity index (χ4n) is 3.73. The first-order valence-corrected chi connectivity index (χ1v) is 12.3. The number of ketones is 1. The molecule has 0 bridgehead atoms. The van der Waals surface area contributed by atoms with Crippen LogP contribution in [-0.4, -0.2) is 36.1 Å². The first kappa shape index (κ1) is 19.9. The minimum atomic E-state index is -3.20. The van der Waals surface area contributed by atoms with E-state index in [0.717, 1.165) is 33.9 Å². The average molecular weight is 430 g/mol. The van der Waals surface area contributed by atoms with Crippen molar-refractivity contribution in [3.05, 3.63) is 59.2 Å². The van der Waals surface area contributed by atoms with E-state index in [-0.39, 0.29) is 5.78 Å². The topological polar surface area (TPSA) is 73.1 Å². The lowest BCUT2D eigenvalue weighted by Gasteiger charge is -2.06. The van der Waals surface area contributed by atoms with Crippen molar-refractivity contribution in [3.63, 3.8) is 0 Å². The lowest BCUT2D eigenvalue weighted by Crippen LogP contribution is -2.23. The molecule has 4 rings (SSSR count). The highest BCUT2D eigenvalue weighted by molar-refractivity contribution is 7.88. The molecule has 6 nitrogen and oxygen atoms in total. The van der Waals surface area contributed by atoms with Crippen molar-refractivity contribution in [1.29, 1.82) is 0 Å². The van der Waals surface area contributed by atoms with E-state index in [9.17, 15) is 13.2 Å². The Morgan fingerprint density at radius 2 is 2.00 bits per heavy atom. The second kappa shape index (κ2) is 7.78. The molecule has 0 aliphatic carbocycles. The molecule has 0 radical (unpaired) electrons. The van der Waals surface area contributed by atoms with Crippen LogP contribution in [0.15, 0.2) is 48.0 Å². The average Bonchev–Trinajstić information content (AvgIpc) is 3.36. The maximum Gasteiger partial charge on any atom is 0.211 e. The normalized spacial score (nSPS) is 12.2. The molecule has 0 aliphatic rings. The molecule has 0 saturated heterocycles. The number of rotatable bonds is 8. The molecule has 0 unspecified atom stereocenters. The number of benzene rings is 1. The summed E-state index contributed by atoms with van der Waals surface area (Å²) >= 11 is 1.65. The lowest BCUT2D eigenvalue weighted by atomic mass is 10.1. The number of para-hydroxylation sites is 1. The van der Waals surface area contributed by atoms with Gasteiger partial charge in [-0.1, -0.05) is 18.2 Å². The van der Waals surface area contributed by atoms with Gasteiger partial charge in [0.1, 0.15) is 4.83 Å². The second-order valence-corrected chi connectivity index (χ2v) is 9.79. The molecular weight excluding hydrogens is 406 g/mol. The molecule has 0 aliphatic heterocycles. The predicted octanol–water partition coefficient (Wildman–Crippen LogP) is 3.85. The number of aryl methyl sites for hydroxylation is 2. The van der Waals surface area contributed by atoms with Crippen LogP contribution in [0.1, 0.15) is 29.4 Å². The van der Waals surface area contributed by atoms with Gasteiger partial charge >= 0.3 is 0 Å². The highest BCUT2D eigenvalue weighted by Crippen LogP contribution is 2.29. The number of sulfonamides is 1. The summed E-state index contributed by atoms with van der Waals surface area (Å²) in [4.78, 5) is 14.6. The summed E-state index contributed by atoms with van der Waals surface area (Å²) in [5.74, 6) is 0.0134. The molecule has 0 amide bonds. The van der Waals surface area contributed by atoms with Crippen LogP contribution in [0.3, 0.4) is 0 Å². The van der Waals surface area contributed by atoms with E-state index >= 15 is 0 Å².